The van der Waals surface area contributed by atoms with Gasteiger partial charge in [-0.1, -0.05) is 12.1 Å². The average Bonchev–Trinajstić information content (AvgIpc) is 3.19. The number of benzene rings is 2. The number of imide groups is 1. The van der Waals surface area contributed by atoms with Crippen molar-refractivity contribution in [2.45, 2.75) is 6.92 Å². The summed E-state index contributed by atoms with van der Waals surface area (Å²) in [5.74, 6) is -0.127. The fourth-order valence-corrected chi connectivity index (χ4v) is 5.17. The number of hydrogen-bond acceptors (Lipinski definition) is 8. The van der Waals surface area contributed by atoms with Gasteiger partial charge in [0.2, 0.25) is 0 Å². The van der Waals surface area contributed by atoms with Crippen molar-refractivity contribution in [2.75, 3.05) is 51.3 Å². The van der Waals surface area contributed by atoms with E-state index in [-0.39, 0.29) is 5.82 Å². The fourth-order valence-electron chi connectivity index (χ4n) is 4.49. The van der Waals surface area contributed by atoms with Gasteiger partial charge in [-0.15, -0.1) is 0 Å². The molecule has 1 aromatic heterocycles. The zero-order valence-electron chi connectivity index (χ0n) is 20.1. The van der Waals surface area contributed by atoms with Crippen LogP contribution in [0.5, 0.6) is 0 Å². The van der Waals surface area contributed by atoms with Crippen LogP contribution in [0.4, 0.5) is 14.9 Å². The van der Waals surface area contributed by atoms with Crippen molar-refractivity contribution in [2.24, 2.45) is 0 Å². The molecular weight excluding hydrogens is 481 g/mol. The van der Waals surface area contributed by atoms with Gasteiger partial charge in [0.1, 0.15) is 11.6 Å². The zero-order valence-corrected chi connectivity index (χ0v) is 20.9. The highest BCUT2D eigenvalue weighted by Gasteiger charge is 2.25. The van der Waals surface area contributed by atoms with Crippen molar-refractivity contribution in [3.8, 4) is 11.3 Å². The van der Waals surface area contributed by atoms with Crippen molar-refractivity contribution in [1.29, 1.82) is 0 Å². The first-order chi connectivity index (χ1) is 17.4. The Labute approximate surface area is 212 Å². The summed E-state index contributed by atoms with van der Waals surface area (Å²) in [6.07, 6.45) is 1.66. The number of aryl methyl sites for hydroxylation is 1. The maximum absolute atomic E-state index is 15.3. The number of thioether (sulfide) groups is 1. The zero-order chi connectivity index (χ0) is 25.2. The Morgan fingerprint density at radius 3 is 2.61 bits per heavy atom. The predicted octanol–water partition coefficient (Wildman–Crippen LogP) is 3.84. The molecule has 5 rings (SSSR count). The molecule has 0 atom stereocenters. The molecule has 2 saturated heterocycles. The number of ether oxygens (including phenoxy) is 1. The van der Waals surface area contributed by atoms with E-state index >= 15 is 4.39 Å². The predicted molar refractivity (Wildman–Crippen MR) is 139 cm³/mol. The second-order valence-corrected chi connectivity index (χ2v) is 9.75. The quantitative estimate of drug-likeness (QED) is 0.504. The highest BCUT2D eigenvalue weighted by Crippen LogP contribution is 2.32. The van der Waals surface area contributed by atoms with E-state index in [1.807, 2.05) is 30.3 Å². The van der Waals surface area contributed by atoms with Gasteiger partial charge in [-0.25, -0.2) is 14.4 Å². The number of aromatic nitrogens is 2. The number of amides is 2. The fraction of sp³-hybridized carbons (Fsp3) is 0.308. The van der Waals surface area contributed by atoms with Crippen molar-refractivity contribution in [3.05, 3.63) is 58.5 Å². The topological polar surface area (TPSA) is 87.7 Å². The van der Waals surface area contributed by atoms with Crippen LogP contribution in [0.3, 0.4) is 0 Å². The number of hydrogen-bond donors (Lipinski definition) is 1. The first-order valence-corrected chi connectivity index (χ1v) is 12.5. The number of nitrogens with one attached hydrogen (secondary N) is 1. The van der Waals surface area contributed by atoms with Gasteiger partial charge < -0.3 is 9.64 Å². The third-order valence-electron chi connectivity index (χ3n) is 6.32. The molecule has 0 unspecified atom stereocenters. The summed E-state index contributed by atoms with van der Waals surface area (Å²) in [6.45, 7) is 6.60. The molecule has 2 fully saturated rings. The van der Waals surface area contributed by atoms with Gasteiger partial charge in [-0.05, 0) is 54.6 Å². The molecule has 0 saturated carbocycles. The summed E-state index contributed by atoms with van der Waals surface area (Å²) >= 11 is 0.865. The minimum absolute atomic E-state index is 0.293. The van der Waals surface area contributed by atoms with Crippen LogP contribution in [-0.2, 0) is 9.53 Å². The van der Waals surface area contributed by atoms with Gasteiger partial charge in [0.15, 0.2) is 0 Å². The van der Waals surface area contributed by atoms with E-state index in [1.54, 1.807) is 20.1 Å². The lowest BCUT2D eigenvalue weighted by Crippen LogP contribution is -2.47. The summed E-state index contributed by atoms with van der Waals surface area (Å²) < 4.78 is 20.5. The van der Waals surface area contributed by atoms with Gasteiger partial charge in [-0.2, -0.15) is 0 Å². The number of anilines is 1. The molecule has 10 heteroatoms. The Balaban J connectivity index is 1.44. The van der Waals surface area contributed by atoms with E-state index in [4.69, 9.17) is 4.74 Å². The number of fused-ring (bicyclic) bond motifs is 1. The van der Waals surface area contributed by atoms with Crippen molar-refractivity contribution in [3.63, 3.8) is 0 Å². The lowest BCUT2D eigenvalue weighted by atomic mass is 10.0. The number of rotatable bonds is 6. The highest BCUT2D eigenvalue weighted by atomic mass is 32.2. The highest BCUT2D eigenvalue weighted by molar-refractivity contribution is 8.18. The number of carbonyl (C=O) groups excluding carboxylic acids is 2. The van der Waals surface area contributed by atoms with Crippen LogP contribution in [0, 0.1) is 12.7 Å². The molecule has 2 aliphatic rings. The molecule has 0 radical (unpaired) electrons. The normalized spacial score (nSPS) is 17.9. The Bertz CT molecular complexity index is 1370. The molecule has 0 aliphatic carbocycles. The van der Waals surface area contributed by atoms with Crippen LogP contribution in [0.1, 0.15) is 11.4 Å². The standard InChI is InChI=1S/C26H26FN5O3S/c1-16-28-21-5-3-17(14-23-25(33)30-26(34)36-23)13-19(21)24(29-16)18-4-6-22(20(27)15-18)32-9-7-31(8-10-32)11-12-35-2/h3-6,13-15H,7-12H2,1-2H3,(H,30,33,34). The molecular formula is C26H26FN5O3S. The van der Waals surface area contributed by atoms with Crippen molar-refractivity contribution >= 4 is 45.6 Å². The summed E-state index contributed by atoms with van der Waals surface area (Å²) in [5, 5.41) is 2.61. The van der Waals surface area contributed by atoms with Crippen LogP contribution in [0.15, 0.2) is 41.3 Å². The average molecular weight is 508 g/mol. The monoisotopic (exact) mass is 507 g/mol. The molecule has 186 valence electrons. The molecule has 2 aromatic carbocycles. The van der Waals surface area contributed by atoms with E-state index in [0.29, 0.717) is 34.3 Å². The molecule has 1 N–H and O–H groups in total. The summed E-state index contributed by atoms with van der Waals surface area (Å²) in [4.78, 5) is 37.3. The number of halogens is 1. The Hall–Kier alpha value is -3.34. The minimum Gasteiger partial charge on any atom is -0.383 e. The minimum atomic E-state index is -0.414. The Kier molecular flexibility index (Phi) is 6.99. The first kappa shape index (κ1) is 24.4. The third-order valence-corrected chi connectivity index (χ3v) is 7.13. The molecule has 0 bridgehead atoms. The second-order valence-electron chi connectivity index (χ2n) is 8.74. The lowest BCUT2D eigenvalue weighted by Gasteiger charge is -2.36. The van der Waals surface area contributed by atoms with Gasteiger partial charge in [-0.3, -0.25) is 19.8 Å². The SMILES string of the molecule is COCCN1CCN(c2ccc(-c3nc(C)nc4ccc(C=C5SC(=O)NC5=O)cc34)cc2F)CC1. The van der Waals surface area contributed by atoms with Gasteiger partial charge in [0.05, 0.1) is 28.4 Å². The van der Waals surface area contributed by atoms with Gasteiger partial charge in [0, 0.05) is 50.8 Å². The Morgan fingerprint density at radius 1 is 1.11 bits per heavy atom. The molecule has 2 aliphatic heterocycles. The van der Waals surface area contributed by atoms with Crippen molar-refractivity contribution < 1.29 is 18.7 Å². The number of carbonyl (C=O) groups is 2. The second kappa shape index (κ2) is 10.3. The van der Waals surface area contributed by atoms with Gasteiger partial charge >= 0.3 is 0 Å². The smallest absolute Gasteiger partial charge is 0.290 e. The van der Waals surface area contributed by atoms with Crippen LogP contribution in [-0.4, -0.2) is 72.5 Å². The molecule has 8 nitrogen and oxygen atoms in total. The van der Waals surface area contributed by atoms with Crippen molar-refractivity contribution in [1.82, 2.24) is 20.2 Å². The number of methoxy groups -OCH3 is 1. The summed E-state index contributed by atoms with van der Waals surface area (Å²) in [5.41, 5.74) is 3.30. The van der Waals surface area contributed by atoms with E-state index < -0.39 is 11.1 Å². The molecule has 36 heavy (non-hydrogen) atoms. The van der Waals surface area contributed by atoms with Crippen LogP contribution >= 0.6 is 11.8 Å². The maximum Gasteiger partial charge on any atom is 0.290 e. The summed E-state index contributed by atoms with van der Waals surface area (Å²) in [6, 6.07) is 10.8. The number of nitrogens with zero attached hydrogens (tertiary/aromatic N) is 4. The van der Waals surface area contributed by atoms with E-state index in [0.717, 1.165) is 61.0 Å². The Morgan fingerprint density at radius 2 is 1.92 bits per heavy atom. The van der Waals surface area contributed by atoms with E-state index in [2.05, 4.69) is 25.1 Å². The summed E-state index contributed by atoms with van der Waals surface area (Å²) in [7, 11) is 1.70. The van der Waals surface area contributed by atoms with Crippen LogP contribution in [0.25, 0.3) is 28.2 Å². The lowest BCUT2D eigenvalue weighted by molar-refractivity contribution is -0.115. The largest absolute Gasteiger partial charge is 0.383 e. The van der Waals surface area contributed by atoms with Gasteiger partial charge in [0.25, 0.3) is 11.1 Å². The third kappa shape index (κ3) is 5.11. The van der Waals surface area contributed by atoms with E-state index in [1.165, 1.54) is 6.07 Å². The first-order valence-electron chi connectivity index (χ1n) is 11.7. The molecule has 0 spiro atoms. The van der Waals surface area contributed by atoms with E-state index in [9.17, 15) is 9.59 Å². The van der Waals surface area contributed by atoms with Crippen LogP contribution in [0.2, 0.25) is 0 Å². The molecule has 3 aromatic rings. The van der Waals surface area contributed by atoms with Crippen LogP contribution < -0.4 is 10.2 Å². The number of piperazine rings is 1. The molecule has 2 amide bonds. The maximum atomic E-state index is 15.3. The molecule has 3 heterocycles.